The Bertz CT molecular complexity index is 1010. The third kappa shape index (κ3) is 3.61. The van der Waals surface area contributed by atoms with E-state index in [9.17, 15) is 4.79 Å². The number of nitrogens with one attached hydrogen (secondary N) is 1. The number of anilines is 1. The average Bonchev–Trinajstić information content (AvgIpc) is 2.96. The van der Waals surface area contributed by atoms with E-state index in [0.717, 1.165) is 23.5 Å². The van der Waals surface area contributed by atoms with Gasteiger partial charge in [-0.05, 0) is 18.2 Å². The van der Waals surface area contributed by atoms with Crippen LogP contribution in [0.25, 0.3) is 5.69 Å². The first kappa shape index (κ1) is 17.4. The maximum Gasteiger partial charge on any atom is 0.292 e. The zero-order valence-corrected chi connectivity index (χ0v) is 15.3. The molecule has 1 aromatic heterocycles. The van der Waals surface area contributed by atoms with Gasteiger partial charge in [-0.3, -0.25) is 4.79 Å². The van der Waals surface area contributed by atoms with Crippen molar-refractivity contribution in [3.05, 3.63) is 75.7 Å². The molecule has 0 saturated carbocycles. The zero-order valence-electron chi connectivity index (χ0n) is 14.5. The molecule has 0 aliphatic carbocycles. The normalized spacial score (nSPS) is 13.1. The Balaban J connectivity index is 1.58. The Morgan fingerprint density at radius 1 is 1.07 bits per heavy atom. The Labute approximate surface area is 161 Å². The molecule has 1 aliphatic rings. The fourth-order valence-electron chi connectivity index (χ4n) is 2.89. The highest BCUT2D eigenvalue weighted by Gasteiger charge is 2.15. The molecule has 0 spiro atoms. The number of benzene rings is 2. The van der Waals surface area contributed by atoms with Crippen LogP contribution < -0.4 is 20.3 Å². The highest BCUT2D eigenvalue weighted by Crippen LogP contribution is 2.33. The highest BCUT2D eigenvalue weighted by atomic mass is 35.5. The van der Waals surface area contributed by atoms with E-state index in [-0.39, 0.29) is 10.6 Å². The average molecular weight is 384 g/mol. The summed E-state index contributed by atoms with van der Waals surface area (Å²) in [6.07, 6.45) is 2.39. The fraction of sp³-hybridized carbons (Fsp3) is 0.200. The summed E-state index contributed by atoms with van der Waals surface area (Å²) in [6.45, 7) is 1.68. The summed E-state index contributed by atoms with van der Waals surface area (Å²) in [5.74, 6) is 1.46. The molecular formula is C20H18ClN3O3. The van der Waals surface area contributed by atoms with Crippen molar-refractivity contribution in [1.29, 1.82) is 0 Å². The van der Waals surface area contributed by atoms with E-state index in [4.69, 9.17) is 21.1 Å². The van der Waals surface area contributed by atoms with Gasteiger partial charge < -0.3 is 14.8 Å². The molecule has 0 amide bonds. The van der Waals surface area contributed by atoms with Crippen LogP contribution in [0.4, 0.5) is 5.69 Å². The number of halogens is 1. The molecule has 138 valence electrons. The maximum absolute atomic E-state index is 12.6. The molecule has 0 fully saturated rings. The molecular weight excluding hydrogens is 366 g/mol. The Hall–Kier alpha value is -2.99. The lowest BCUT2D eigenvalue weighted by Crippen LogP contribution is -2.22. The van der Waals surface area contributed by atoms with Crippen molar-refractivity contribution < 1.29 is 9.47 Å². The second kappa shape index (κ2) is 7.72. The zero-order chi connectivity index (χ0) is 18.6. The number of ether oxygens (including phenoxy) is 2. The lowest BCUT2D eigenvalue weighted by atomic mass is 10.2. The number of hydrogen-bond acceptors (Lipinski definition) is 5. The smallest absolute Gasteiger partial charge is 0.292 e. The van der Waals surface area contributed by atoms with Gasteiger partial charge in [0.05, 0.1) is 30.8 Å². The van der Waals surface area contributed by atoms with Crippen LogP contribution in [0.5, 0.6) is 11.5 Å². The molecule has 0 unspecified atom stereocenters. The Morgan fingerprint density at radius 2 is 1.89 bits per heavy atom. The predicted octanol–water partition coefficient (Wildman–Crippen LogP) is 3.66. The van der Waals surface area contributed by atoms with Crippen LogP contribution in [0.15, 0.2) is 59.5 Å². The van der Waals surface area contributed by atoms with Crippen molar-refractivity contribution in [2.75, 3.05) is 18.5 Å². The second-order valence-electron chi connectivity index (χ2n) is 6.07. The van der Waals surface area contributed by atoms with Crippen molar-refractivity contribution in [1.82, 2.24) is 9.78 Å². The molecule has 6 nitrogen and oxygen atoms in total. The van der Waals surface area contributed by atoms with Gasteiger partial charge >= 0.3 is 0 Å². The van der Waals surface area contributed by atoms with E-state index in [1.54, 1.807) is 18.3 Å². The van der Waals surface area contributed by atoms with E-state index in [2.05, 4.69) is 10.4 Å². The summed E-state index contributed by atoms with van der Waals surface area (Å²) in [6, 6.07) is 14.9. The van der Waals surface area contributed by atoms with Crippen LogP contribution >= 0.6 is 11.6 Å². The van der Waals surface area contributed by atoms with Crippen LogP contribution in [0.3, 0.4) is 0 Å². The number of rotatable bonds is 4. The van der Waals surface area contributed by atoms with E-state index >= 15 is 0 Å². The number of aromatic nitrogens is 2. The topological polar surface area (TPSA) is 65.4 Å². The number of hydrogen-bond donors (Lipinski definition) is 1. The quantitative estimate of drug-likeness (QED) is 0.744. The van der Waals surface area contributed by atoms with E-state index in [1.807, 2.05) is 36.4 Å². The summed E-state index contributed by atoms with van der Waals surface area (Å²) >= 11 is 6.29. The summed E-state index contributed by atoms with van der Waals surface area (Å²) in [7, 11) is 0. The van der Waals surface area contributed by atoms with Crippen LogP contribution in [-0.2, 0) is 6.54 Å². The number of para-hydroxylation sites is 2. The minimum absolute atomic E-state index is 0.0908. The second-order valence-corrected chi connectivity index (χ2v) is 6.45. The lowest BCUT2D eigenvalue weighted by Gasteiger charge is -2.14. The Kier molecular flexibility index (Phi) is 4.98. The fourth-order valence-corrected chi connectivity index (χ4v) is 3.09. The first-order valence-corrected chi connectivity index (χ1v) is 9.06. The minimum atomic E-state index is -0.376. The van der Waals surface area contributed by atoms with Crippen LogP contribution in [-0.4, -0.2) is 23.0 Å². The first-order chi connectivity index (χ1) is 13.2. The summed E-state index contributed by atoms with van der Waals surface area (Å²) in [4.78, 5) is 12.6. The van der Waals surface area contributed by atoms with E-state index < -0.39 is 0 Å². The van der Waals surface area contributed by atoms with Gasteiger partial charge in [-0.1, -0.05) is 41.9 Å². The SMILES string of the molecule is O=c1c(Cl)c(NCc2cccc3c2OCCCO3)cnn1-c1ccccc1. The van der Waals surface area contributed by atoms with Gasteiger partial charge in [-0.15, -0.1) is 0 Å². The van der Waals surface area contributed by atoms with Gasteiger partial charge in [0.15, 0.2) is 11.5 Å². The summed E-state index contributed by atoms with van der Waals surface area (Å²) < 4.78 is 12.8. The third-order valence-corrected chi connectivity index (χ3v) is 4.61. The standard InChI is InChI=1S/C20H18ClN3O3/c21-18-16(13-23-24(20(18)25)15-7-2-1-3-8-15)22-12-14-6-4-9-17-19(14)27-11-5-10-26-17/h1-4,6-9,13,22H,5,10-12H2. The van der Waals surface area contributed by atoms with Gasteiger partial charge in [0.2, 0.25) is 0 Å². The Morgan fingerprint density at radius 3 is 2.74 bits per heavy atom. The van der Waals surface area contributed by atoms with Crippen LogP contribution in [0.1, 0.15) is 12.0 Å². The van der Waals surface area contributed by atoms with Crippen LogP contribution in [0, 0.1) is 0 Å². The van der Waals surface area contributed by atoms with Crippen molar-refractivity contribution in [2.24, 2.45) is 0 Å². The largest absolute Gasteiger partial charge is 0.490 e. The van der Waals surface area contributed by atoms with Gasteiger partial charge in [-0.2, -0.15) is 9.78 Å². The molecule has 4 rings (SSSR count). The van der Waals surface area contributed by atoms with E-state index in [1.165, 1.54) is 4.68 Å². The molecule has 2 heterocycles. The number of fused-ring (bicyclic) bond motifs is 1. The van der Waals surface area contributed by atoms with Crippen molar-refractivity contribution in [3.8, 4) is 17.2 Å². The molecule has 0 bridgehead atoms. The van der Waals surface area contributed by atoms with Gasteiger partial charge in [-0.25, -0.2) is 0 Å². The third-order valence-electron chi connectivity index (χ3n) is 4.24. The van der Waals surface area contributed by atoms with Crippen LogP contribution in [0.2, 0.25) is 5.02 Å². The molecule has 1 N–H and O–H groups in total. The summed E-state index contributed by atoms with van der Waals surface area (Å²) in [5.41, 5.74) is 1.69. The molecule has 1 aliphatic heterocycles. The molecule has 27 heavy (non-hydrogen) atoms. The lowest BCUT2D eigenvalue weighted by molar-refractivity contribution is 0.296. The molecule has 2 aromatic carbocycles. The summed E-state index contributed by atoms with van der Waals surface area (Å²) in [5, 5.41) is 7.49. The molecule has 7 heteroatoms. The van der Waals surface area contributed by atoms with Crippen molar-refractivity contribution in [2.45, 2.75) is 13.0 Å². The van der Waals surface area contributed by atoms with Gasteiger partial charge in [0.25, 0.3) is 5.56 Å². The monoisotopic (exact) mass is 383 g/mol. The predicted molar refractivity (Wildman–Crippen MR) is 104 cm³/mol. The van der Waals surface area contributed by atoms with Crippen molar-refractivity contribution >= 4 is 17.3 Å². The van der Waals surface area contributed by atoms with Gasteiger partial charge in [0.1, 0.15) is 5.02 Å². The molecule has 0 radical (unpaired) electrons. The van der Waals surface area contributed by atoms with Gasteiger partial charge in [0, 0.05) is 18.5 Å². The molecule has 0 saturated heterocycles. The first-order valence-electron chi connectivity index (χ1n) is 8.68. The van der Waals surface area contributed by atoms with E-state index in [0.29, 0.717) is 31.1 Å². The molecule has 3 aromatic rings. The highest BCUT2D eigenvalue weighted by molar-refractivity contribution is 6.32. The minimum Gasteiger partial charge on any atom is -0.490 e. The van der Waals surface area contributed by atoms with Crippen molar-refractivity contribution in [3.63, 3.8) is 0 Å². The maximum atomic E-state index is 12.6. The number of nitrogens with zero attached hydrogens (tertiary/aromatic N) is 2. The molecule has 0 atom stereocenters.